The average molecular weight is 295 g/mol. The molecule has 4 heteroatoms. The van der Waals surface area contributed by atoms with Crippen LogP contribution in [-0.4, -0.2) is 24.2 Å². The Morgan fingerprint density at radius 1 is 1.27 bits per heavy atom. The predicted octanol–water partition coefficient (Wildman–Crippen LogP) is 2.95. The highest BCUT2D eigenvalue weighted by atomic mass is 16.5. The van der Waals surface area contributed by atoms with Gasteiger partial charge in [-0.1, -0.05) is 12.1 Å². The van der Waals surface area contributed by atoms with Crippen molar-refractivity contribution < 1.29 is 4.74 Å². The predicted molar refractivity (Wildman–Crippen MR) is 87.9 cm³/mol. The number of fused-ring (bicyclic) bond motifs is 2. The summed E-state index contributed by atoms with van der Waals surface area (Å²) in [4.78, 5) is 4.32. The molecule has 114 valence electrons. The fraction of sp³-hybridized carbons (Fsp3) is 0.389. The zero-order chi connectivity index (χ0) is 15.1. The van der Waals surface area contributed by atoms with Crippen molar-refractivity contribution in [2.24, 2.45) is 0 Å². The molecule has 2 bridgehead atoms. The van der Waals surface area contributed by atoms with Gasteiger partial charge >= 0.3 is 0 Å². The normalized spacial score (nSPS) is 26.3. The van der Waals surface area contributed by atoms with E-state index in [1.165, 1.54) is 24.8 Å². The lowest BCUT2D eigenvalue weighted by Crippen LogP contribution is -2.22. The molecule has 0 amide bonds. The van der Waals surface area contributed by atoms with Crippen molar-refractivity contribution in [3.05, 3.63) is 42.1 Å². The van der Waals surface area contributed by atoms with Gasteiger partial charge in [0.05, 0.1) is 7.11 Å². The second kappa shape index (κ2) is 5.29. The minimum absolute atomic E-state index is 0.533. The van der Waals surface area contributed by atoms with E-state index in [1.54, 1.807) is 7.11 Å². The summed E-state index contributed by atoms with van der Waals surface area (Å²) in [6.07, 6.45) is 5.59. The molecule has 2 saturated heterocycles. The first-order chi connectivity index (χ1) is 10.8. The lowest BCUT2D eigenvalue weighted by molar-refractivity contribution is 0.415. The van der Waals surface area contributed by atoms with Gasteiger partial charge in [0.1, 0.15) is 11.6 Å². The Kier molecular flexibility index (Phi) is 3.26. The zero-order valence-electron chi connectivity index (χ0n) is 12.8. The van der Waals surface area contributed by atoms with Crippen LogP contribution in [0.2, 0.25) is 0 Å². The molecule has 3 heterocycles. The topological polar surface area (TPSA) is 60.2 Å². The van der Waals surface area contributed by atoms with Gasteiger partial charge in [-0.15, -0.1) is 0 Å². The molecule has 1 aromatic heterocycles. The van der Waals surface area contributed by atoms with E-state index in [0.29, 0.717) is 23.8 Å². The largest absolute Gasteiger partial charge is 0.497 e. The molecular weight excluding hydrogens is 274 g/mol. The van der Waals surface area contributed by atoms with Gasteiger partial charge in [0.25, 0.3) is 0 Å². The summed E-state index contributed by atoms with van der Waals surface area (Å²) in [5.74, 6) is 1.98. The molecule has 2 aliphatic rings. The van der Waals surface area contributed by atoms with Crippen LogP contribution < -0.4 is 15.8 Å². The fourth-order valence-corrected chi connectivity index (χ4v) is 4.06. The number of ether oxygens (including phenoxy) is 1. The van der Waals surface area contributed by atoms with Crippen LogP contribution in [0.1, 0.15) is 30.7 Å². The molecule has 0 aliphatic carbocycles. The van der Waals surface area contributed by atoms with Gasteiger partial charge in [0, 0.05) is 29.8 Å². The van der Waals surface area contributed by atoms with Crippen molar-refractivity contribution in [3.63, 3.8) is 0 Å². The Hall–Kier alpha value is -2.07. The van der Waals surface area contributed by atoms with Crippen LogP contribution in [0.15, 0.2) is 36.5 Å². The number of hydrogen-bond acceptors (Lipinski definition) is 4. The fourth-order valence-electron chi connectivity index (χ4n) is 4.06. The van der Waals surface area contributed by atoms with Gasteiger partial charge in [-0.25, -0.2) is 4.98 Å². The zero-order valence-corrected chi connectivity index (χ0v) is 12.8. The van der Waals surface area contributed by atoms with Crippen molar-refractivity contribution >= 4 is 5.82 Å². The Morgan fingerprint density at radius 3 is 2.91 bits per heavy atom. The molecular formula is C18H21N3O. The van der Waals surface area contributed by atoms with E-state index in [2.05, 4.69) is 22.4 Å². The number of rotatable bonds is 3. The van der Waals surface area contributed by atoms with Crippen molar-refractivity contribution in [1.82, 2.24) is 10.3 Å². The summed E-state index contributed by atoms with van der Waals surface area (Å²) in [5.41, 5.74) is 9.71. The van der Waals surface area contributed by atoms with Crippen LogP contribution in [0.5, 0.6) is 5.75 Å². The summed E-state index contributed by atoms with van der Waals surface area (Å²) in [6.45, 7) is 0. The van der Waals surface area contributed by atoms with E-state index in [9.17, 15) is 0 Å². The Morgan fingerprint density at radius 2 is 2.18 bits per heavy atom. The molecule has 4 nitrogen and oxygen atoms in total. The molecule has 0 spiro atoms. The summed E-state index contributed by atoms with van der Waals surface area (Å²) < 4.78 is 5.36. The maximum absolute atomic E-state index is 6.24. The lowest BCUT2D eigenvalue weighted by atomic mass is 9.81. The van der Waals surface area contributed by atoms with Crippen LogP contribution in [0.25, 0.3) is 11.1 Å². The molecule has 2 aromatic rings. The minimum Gasteiger partial charge on any atom is -0.497 e. The summed E-state index contributed by atoms with van der Waals surface area (Å²) >= 11 is 0. The third-order valence-corrected chi connectivity index (χ3v) is 5.07. The first-order valence-electron chi connectivity index (χ1n) is 7.91. The van der Waals surface area contributed by atoms with E-state index in [-0.39, 0.29) is 0 Å². The molecule has 0 radical (unpaired) electrons. The number of methoxy groups -OCH3 is 1. The first kappa shape index (κ1) is 13.6. The van der Waals surface area contributed by atoms with Crippen LogP contribution in [-0.2, 0) is 0 Å². The molecule has 2 aliphatic heterocycles. The van der Waals surface area contributed by atoms with Crippen LogP contribution >= 0.6 is 0 Å². The Labute approximate surface area is 130 Å². The van der Waals surface area contributed by atoms with Crippen LogP contribution in [0.4, 0.5) is 5.82 Å². The number of nitrogen functional groups attached to an aromatic ring is 1. The highest BCUT2D eigenvalue weighted by Gasteiger charge is 2.40. The number of benzene rings is 1. The number of aromatic nitrogens is 1. The summed E-state index contributed by atoms with van der Waals surface area (Å²) in [5, 5.41) is 3.71. The van der Waals surface area contributed by atoms with E-state index < -0.39 is 0 Å². The van der Waals surface area contributed by atoms with E-state index in [0.717, 1.165) is 16.9 Å². The van der Waals surface area contributed by atoms with Gasteiger partial charge in [0.2, 0.25) is 0 Å². The second-order valence-electron chi connectivity index (χ2n) is 6.28. The molecule has 1 aromatic carbocycles. The standard InChI is InChI=1S/C18H21N3O/c1-22-13-4-2-3-11(9-13)17-14(7-8-20-18(17)19)15-10-12-5-6-16(15)21-12/h2-4,7-9,12,15-16,21H,5-6,10H2,1H3,(H2,19,20). The molecule has 2 fully saturated rings. The van der Waals surface area contributed by atoms with Crippen molar-refractivity contribution in [1.29, 1.82) is 0 Å². The number of nitrogens with two attached hydrogens (primary N) is 1. The maximum atomic E-state index is 6.24. The van der Waals surface area contributed by atoms with Gasteiger partial charge in [0.15, 0.2) is 0 Å². The highest BCUT2D eigenvalue weighted by Crippen LogP contribution is 2.44. The van der Waals surface area contributed by atoms with Gasteiger partial charge in [-0.3, -0.25) is 0 Å². The Bertz CT molecular complexity index is 700. The Balaban J connectivity index is 1.81. The maximum Gasteiger partial charge on any atom is 0.131 e. The van der Waals surface area contributed by atoms with Gasteiger partial charge in [-0.2, -0.15) is 0 Å². The lowest BCUT2D eigenvalue weighted by Gasteiger charge is -2.24. The average Bonchev–Trinajstić information content (AvgIpc) is 3.17. The molecule has 4 rings (SSSR count). The summed E-state index contributed by atoms with van der Waals surface area (Å²) in [7, 11) is 1.69. The van der Waals surface area contributed by atoms with Crippen LogP contribution in [0, 0.1) is 0 Å². The summed E-state index contributed by atoms with van der Waals surface area (Å²) in [6, 6.07) is 11.5. The van der Waals surface area contributed by atoms with Gasteiger partial charge < -0.3 is 15.8 Å². The minimum atomic E-state index is 0.533. The molecule has 0 saturated carbocycles. The van der Waals surface area contributed by atoms with E-state index in [1.807, 2.05) is 24.4 Å². The second-order valence-corrected chi connectivity index (χ2v) is 6.28. The SMILES string of the molecule is COc1cccc(-c2c(C3CC4CCC3N4)ccnc2N)c1. The molecule has 3 unspecified atom stereocenters. The molecule has 3 atom stereocenters. The van der Waals surface area contributed by atoms with E-state index in [4.69, 9.17) is 10.5 Å². The van der Waals surface area contributed by atoms with Crippen molar-refractivity contribution in [2.75, 3.05) is 12.8 Å². The van der Waals surface area contributed by atoms with Gasteiger partial charge in [-0.05, 0) is 48.6 Å². The van der Waals surface area contributed by atoms with Crippen LogP contribution in [0.3, 0.4) is 0 Å². The number of anilines is 1. The van der Waals surface area contributed by atoms with E-state index >= 15 is 0 Å². The number of nitrogens with one attached hydrogen (secondary N) is 1. The number of hydrogen-bond donors (Lipinski definition) is 2. The monoisotopic (exact) mass is 295 g/mol. The first-order valence-corrected chi connectivity index (χ1v) is 7.91. The highest BCUT2D eigenvalue weighted by molar-refractivity contribution is 5.78. The molecule has 3 N–H and O–H groups in total. The van der Waals surface area contributed by atoms with Crippen molar-refractivity contribution in [3.8, 4) is 16.9 Å². The molecule has 22 heavy (non-hydrogen) atoms. The number of pyridine rings is 1. The number of nitrogens with zero attached hydrogens (tertiary/aromatic N) is 1. The third-order valence-electron chi connectivity index (χ3n) is 5.07. The third kappa shape index (κ3) is 2.15. The quantitative estimate of drug-likeness (QED) is 0.914. The smallest absolute Gasteiger partial charge is 0.131 e. The van der Waals surface area contributed by atoms with Crippen molar-refractivity contribution in [2.45, 2.75) is 37.3 Å².